The lowest BCUT2D eigenvalue weighted by atomic mass is 9.76. The molecule has 2 rings (SSSR count). The van der Waals surface area contributed by atoms with Crippen LogP contribution in [0.2, 0.25) is 5.02 Å². The van der Waals surface area contributed by atoms with Gasteiger partial charge in [0.2, 0.25) is 0 Å². The lowest BCUT2D eigenvalue weighted by Gasteiger charge is -2.36. The Morgan fingerprint density at radius 2 is 1.88 bits per heavy atom. The molecule has 0 unspecified atom stereocenters. The second-order valence-electron chi connectivity index (χ2n) is 4.99. The molecule has 0 heterocycles. The number of halogens is 1. The Balaban J connectivity index is 2.49. The second-order valence-corrected chi connectivity index (χ2v) is 5.37. The quantitative estimate of drug-likeness (QED) is 0.871. The molecule has 2 nitrogen and oxygen atoms in total. The molecule has 0 amide bonds. The molecule has 1 aliphatic rings. The van der Waals surface area contributed by atoms with Crippen molar-refractivity contribution in [2.75, 3.05) is 7.11 Å². The van der Waals surface area contributed by atoms with E-state index in [2.05, 4.69) is 6.92 Å². The van der Waals surface area contributed by atoms with E-state index in [1.807, 2.05) is 12.1 Å². The van der Waals surface area contributed by atoms with Crippen LogP contribution in [0.5, 0.6) is 5.75 Å². The lowest BCUT2D eigenvalue weighted by molar-refractivity contribution is 0.300. The Bertz CT molecular complexity index is 411. The van der Waals surface area contributed by atoms with Crippen molar-refractivity contribution < 1.29 is 4.74 Å². The highest BCUT2D eigenvalue weighted by atomic mass is 35.5. The predicted molar refractivity (Wildman–Crippen MR) is 71.7 cm³/mol. The fourth-order valence-electron chi connectivity index (χ4n) is 2.86. The highest BCUT2D eigenvalue weighted by Crippen LogP contribution is 2.42. The minimum Gasteiger partial charge on any atom is -0.495 e. The topological polar surface area (TPSA) is 35.2 Å². The van der Waals surface area contributed by atoms with E-state index >= 15 is 0 Å². The van der Waals surface area contributed by atoms with E-state index in [-0.39, 0.29) is 5.54 Å². The fraction of sp³-hybridized carbons (Fsp3) is 0.571. The number of hydrogen-bond donors (Lipinski definition) is 1. The highest BCUT2D eigenvalue weighted by Gasteiger charge is 2.33. The molecular formula is C14H20ClNO. The first-order valence-electron chi connectivity index (χ1n) is 6.21. The van der Waals surface area contributed by atoms with E-state index in [1.54, 1.807) is 7.11 Å². The number of ether oxygens (including phenoxy) is 1. The van der Waals surface area contributed by atoms with Crippen molar-refractivity contribution in [2.45, 2.75) is 44.6 Å². The Morgan fingerprint density at radius 3 is 2.47 bits per heavy atom. The summed E-state index contributed by atoms with van der Waals surface area (Å²) >= 11 is 6.43. The van der Waals surface area contributed by atoms with Crippen molar-refractivity contribution in [3.63, 3.8) is 0 Å². The van der Waals surface area contributed by atoms with Gasteiger partial charge in [-0.25, -0.2) is 0 Å². The van der Waals surface area contributed by atoms with Gasteiger partial charge in [0.25, 0.3) is 0 Å². The summed E-state index contributed by atoms with van der Waals surface area (Å²) in [6.07, 6.45) is 5.67. The first kappa shape index (κ1) is 12.7. The maximum Gasteiger partial charge on any atom is 0.137 e. The van der Waals surface area contributed by atoms with E-state index < -0.39 is 0 Å². The summed E-state index contributed by atoms with van der Waals surface area (Å²) in [5, 5.41) is 0.692. The van der Waals surface area contributed by atoms with E-state index in [4.69, 9.17) is 22.1 Å². The molecule has 0 atom stereocenters. The second kappa shape index (κ2) is 4.87. The van der Waals surface area contributed by atoms with Crippen LogP contribution in [-0.4, -0.2) is 7.11 Å². The molecule has 3 heteroatoms. The first-order chi connectivity index (χ1) is 8.08. The largest absolute Gasteiger partial charge is 0.495 e. The van der Waals surface area contributed by atoms with E-state index in [0.29, 0.717) is 5.02 Å². The fourth-order valence-corrected chi connectivity index (χ4v) is 3.33. The van der Waals surface area contributed by atoms with Gasteiger partial charge in [0.15, 0.2) is 0 Å². The van der Waals surface area contributed by atoms with Crippen LogP contribution in [0, 0.1) is 6.92 Å². The molecule has 0 bridgehead atoms. The molecule has 0 saturated heterocycles. The Labute approximate surface area is 108 Å². The summed E-state index contributed by atoms with van der Waals surface area (Å²) < 4.78 is 5.29. The van der Waals surface area contributed by atoms with Gasteiger partial charge in [-0.2, -0.15) is 0 Å². The molecule has 0 radical (unpaired) electrons. The molecule has 1 aromatic rings. The summed E-state index contributed by atoms with van der Waals surface area (Å²) in [7, 11) is 1.64. The summed E-state index contributed by atoms with van der Waals surface area (Å²) in [6.45, 7) is 2.07. The van der Waals surface area contributed by atoms with Gasteiger partial charge in [-0.3, -0.25) is 0 Å². The van der Waals surface area contributed by atoms with Crippen molar-refractivity contribution in [3.05, 3.63) is 28.3 Å². The zero-order chi connectivity index (χ0) is 12.5. The van der Waals surface area contributed by atoms with Crippen LogP contribution in [0.4, 0.5) is 0 Å². The van der Waals surface area contributed by atoms with Gasteiger partial charge in [0.05, 0.1) is 12.1 Å². The van der Waals surface area contributed by atoms with Crippen molar-refractivity contribution in [3.8, 4) is 5.75 Å². The third-order valence-corrected chi connectivity index (χ3v) is 4.15. The predicted octanol–water partition coefficient (Wildman–Crippen LogP) is 3.78. The Hall–Kier alpha value is -0.730. The van der Waals surface area contributed by atoms with Crippen LogP contribution < -0.4 is 10.5 Å². The van der Waals surface area contributed by atoms with Gasteiger partial charge in [-0.15, -0.1) is 0 Å². The lowest BCUT2D eigenvalue weighted by Crippen LogP contribution is -2.39. The van der Waals surface area contributed by atoms with E-state index in [1.165, 1.54) is 24.8 Å². The van der Waals surface area contributed by atoms with Gasteiger partial charge < -0.3 is 10.5 Å². The molecule has 0 spiro atoms. The summed E-state index contributed by atoms with van der Waals surface area (Å²) in [5.41, 5.74) is 8.54. The van der Waals surface area contributed by atoms with Gasteiger partial charge in [0, 0.05) is 5.54 Å². The van der Waals surface area contributed by atoms with Gasteiger partial charge >= 0.3 is 0 Å². The average Bonchev–Trinajstić information content (AvgIpc) is 2.30. The summed E-state index contributed by atoms with van der Waals surface area (Å²) in [6, 6.07) is 3.95. The molecule has 0 aromatic heterocycles. The number of aryl methyl sites for hydroxylation is 1. The highest BCUT2D eigenvalue weighted by molar-refractivity contribution is 6.33. The zero-order valence-electron chi connectivity index (χ0n) is 10.6. The van der Waals surface area contributed by atoms with Crippen molar-refractivity contribution in [1.82, 2.24) is 0 Å². The summed E-state index contributed by atoms with van der Waals surface area (Å²) in [4.78, 5) is 0. The zero-order valence-corrected chi connectivity index (χ0v) is 11.3. The van der Waals surface area contributed by atoms with Crippen LogP contribution in [0.1, 0.15) is 43.2 Å². The van der Waals surface area contributed by atoms with Gasteiger partial charge in [-0.1, -0.05) is 36.9 Å². The number of benzene rings is 1. The van der Waals surface area contributed by atoms with Crippen molar-refractivity contribution in [1.29, 1.82) is 0 Å². The van der Waals surface area contributed by atoms with Crippen LogP contribution in [0.25, 0.3) is 0 Å². The molecule has 2 N–H and O–H groups in total. The van der Waals surface area contributed by atoms with Crippen LogP contribution in [0.3, 0.4) is 0 Å². The molecule has 1 aliphatic carbocycles. The molecule has 94 valence electrons. The van der Waals surface area contributed by atoms with Crippen LogP contribution >= 0.6 is 11.6 Å². The normalized spacial score (nSPS) is 19.1. The number of hydrogen-bond acceptors (Lipinski definition) is 2. The smallest absolute Gasteiger partial charge is 0.137 e. The average molecular weight is 254 g/mol. The molecular weight excluding hydrogens is 234 g/mol. The Kier molecular flexibility index (Phi) is 3.64. The maximum absolute atomic E-state index is 6.57. The third-order valence-electron chi connectivity index (χ3n) is 3.78. The van der Waals surface area contributed by atoms with Gasteiger partial charge in [-0.05, 0) is 37.0 Å². The van der Waals surface area contributed by atoms with Crippen molar-refractivity contribution >= 4 is 11.6 Å². The van der Waals surface area contributed by atoms with Crippen LogP contribution in [0.15, 0.2) is 12.1 Å². The number of methoxy groups -OCH3 is 1. The molecule has 17 heavy (non-hydrogen) atoms. The molecule has 1 aromatic carbocycles. The number of nitrogens with two attached hydrogens (primary N) is 1. The minimum atomic E-state index is -0.270. The number of rotatable bonds is 2. The third kappa shape index (κ3) is 2.29. The van der Waals surface area contributed by atoms with E-state index in [0.717, 1.165) is 24.2 Å². The standard InChI is InChI=1S/C14H20ClNO/c1-10-6-7-11(17-2)13(15)12(10)14(16)8-4-3-5-9-14/h6-7H,3-5,8-9,16H2,1-2H3. The molecule has 1 saturated carbocycles. The minimum absolute atomic E-state index is 0.270. The first-order valence-corrected chi connectivity index (χ1v) is 6.59. The van der Waals surface area contributed by atoms with Gasteiger partial charge in [0.1, 0.15) is 5.75 Å². The molecule has 0 aliphatic heterocycles. The van der Waals surface area contributed by atoms with E-state index in [9.17, 15) is 0 Å². The molecule has 1 fully saturated rings. The summed E-state index contributed by atoms with van der Waals surface area (Å²) in [5.74, 6) is 0.725. The van der Waals surface area contributed by atoms with Crippen molar-refractivity contribution in [2.24, 2.45) is 5.73 Å². The maximum atomic E-state index is 6.57. The van der Waals surface area contributed by atoms with Crippen LogP contribution in [-0.2, 0) is 5.54 Å². The SMILES string of the molecule is COc1ccc(C)c(C2(N)CCCCC2)c1Cl. The Morgan fingerprint density at radius 1 is 1.24 bits per heavy atom. The monoisotopic (exact) mass is 253 g/mol.